The van der Waals surface area contributed by atoms with Gasteiger partial charge in [-0.15, -0.1) is 11.8 Å². The van der Waals surface area contributed by atoms with Crippen LogP contribution in [-0.4, -0.2) is 41.6 Å². The Morgan fingerprint density at radius 1 is 0.967 bits per heavy atom. The molecule has 0 fully saturated rings. The number of carbonyl (C=O) groups is 2. The number of nitrogens with zero attached hydrogens (tertiary/aromatic N) is 1. The maximum absolute atomic E-state index is 13.1. The zero-order chi connectivity index (χ0) is 21.6. The van der Waals surface area contributed by atoms with Gasteiger partial charge >= 0.3 is 0 Å². The highest BCUT2D eigenvalue weighted by Gasteiger charge is 2.27. The molecular formula is C25H34N2O2S. The van der Waals surface area contributed by atoms with E-state index in [1.165, 1.54) is 11.1 Å². The summed E-state index contributed by atoms with van der Waals surface area (Å²) in [5.74, 6) is 1.16. The summed E-state index contributed by atoms with van der Waals surface area (Å²) in [5, 5.41) is 3.01. The molecule has 4 nitrogen and oxygen atoms in total. The number of carbonyl (C=O) groups excluding carboxylic acids is 2. The van der Waals surface area contributed by atoms with E-state index in [4.69, 9.17) is 0 Å². The zero-order valence-corrected chi connectivity index (χ0v) is 19.0. The number of amides is 2. The first-order valence-electron chi connectivity index (χ1n) is 10.9. The molecule has 0 heterocycles. The molecule has 0 aromatic heterocycles. The van der Waals surface area contributed by atoms with E-state index in [-0.39, 0.29) is 11.8 Å². The Morgan fingerprint density at radius 3 is 2.20 bits per heavy atom. The quantitative estimate of drug-likeness (QED) is 0.473. The topological polar surface area (TPSA) is 49.4 Å². The highest BCUT2D eigenvalue weighted by atomic mass is 32.2. The molecule has 2 amide bonds. The Hall–Kier alpha value is -2.27. The minimum absolute atomic E-state index is 0.0318. The van der Waals surface area contributed by atoms with Gasteiger partial charge in [0.1, 0.15) is 6.04 Å². The van der Waals surface area contributed by atoms with Crippen LogP contribution in [0.3, 0.4) is 0 Å². The Bertz CT molecular complexity index is 752. The van der Waals surface area contributed by atoms with Gasteiger partial charge in [0.05, 0.1) is 5.75 Å². The van der Waals surface area contributed by atoms with Crippen LogP contribution < -0.4 is 5.32 Å². The number of rotatable bonds is 13. The van der Waals surface area contributed by atoms with Crippen molar-refractivity contribution in [1.29, 1.82) is 0 Å². The molecule has 0 saturated heterocycles. The lowest BCUT2D eigenvalue weighted by Gasteiger charge is -2.30. The Kier molecular flexibility index (Phi) is 11.1. The van der Waals surface area contributed by atoms with Crippen LogP contribution in [-0.2, 0) is 21.8 Å². The maximum Gasteiger partial charge on any atom is 0.242 e. The molecule has 0 aliphatic heterocycles. The Morgan fingerprint density at radius 2 is 1.60 bits per heavy atom. The van der Waals surface area contributed by atoms with E-state index in [9.17, 15) is 9.59 Å². The first kappa shape index (κ1) is 24.0. The molecular weight excluding hydrogens is 392 g/mol. The van der Waals surface area contributed by atoms with Crippen LogP contribution in [0.1, 0.15) is 44.2 Å². The van der Waals surface area contributed by atoms with Gasteiger partial charge in [0.25, 0.3) is 0 Å². The van der Waals surface area contributed by atoms with Gasteiger partial charge in [0, 0.05) is 18.8 Å². The van der Waals surface area contributed by atoms with Crippen LogP contribution in [0.4, 0.5) is 0 Å². The normalized spacial score (nSPS) is 11.7. The molecule has 0 spiro atoms. The predicted molar refractivity (Wildman–Crippen MR) is 126 cm³/mol. The smallest absolute Gasteiger partial charge is 0.242 e. The third-order valence-electron chi connectivity index (χ3n) is 5.04. The lowest BCUT2D eigenvalue weighted by molar-refractivity contribution is -0.138. The fourth-order valence-corrected chi connectivity index (χ4v) is 4.19. The van der Waals surface area contributed by atoms with Crippen molar-refractivity contribution in [2.75, 3.05) is 18.8 Å². The standard InChI is InChI=1S/C25H34N2O2S/c1-3-5-17-26-25(29)23(4-2)27(18-16-21-12-8-6-9-13-21)24(28)20-30-19-22-14-10-7-11-15-22/h6-15,23H,3-5,16-20H2,1-2H3,(H,26,29). The van der Waals surface area contributed by atoms with Crippen LogP contribution in [0.2, 0.25) is 0 Å². The minimum Gasteiger partial charge on any atom is -0.354 e. The highest BCUT2D eigenvalue weighted by molar-refractivity contribution is 7.99. The summed E-state index contributed by atoms with van der Waals surface area (Å²) in [6, 6.07) is 19.9. The van der Waals surface area contributed by atoms with Crippen molar-refractivity contribution in [3.8, 4) is 0 Å². The van der Waals surface area contributed by atoms with E-state index in [0.717, 1.165) is 25.0 Å². The van der Waals surface area contributed by atoms with Crippen molar-refractivity contribution in [2.24, 2.45) is 0 Å². The van der Waals surface area contributed by atoms with Crippen molar-refractivity contribution in [3.63, 3.8) is 0 Å². The summed E-state index contributed by atoms with van der Waals surface area (Å²) < 4.78 is 0. The van der Waals surface area contributed by atoms with Gasteiger partial charge in [0.2, 0.25) is 11.8 Å². The average molecular weight is 427 g/mol. The molecule has 2 aromatic rings. The van der Waals surface area contributed by atoms with Crippen molar-refractivity contribution in [3.05, 3.63) is 71.8 Å². The van der Waals surface area contributed by atoms with Gasteiger partial charge in [0.15, 0.2) is 0 Å². The van der Waals surface area contributed by atoms with Gasteiger partial charge in [-0.25, -0.2) is 0 Å². The number of hydrogen-bond donors (Lipinski definition) is 1. The van der Waals surface area contributed by atoms with E-state index < -0.39 is 6.04 Å². The molecule has 0 bridgehead atoms. The molecule has 0 radical (unpaired) electrons. The van der Waals surface area contributed by atoms with E-state index in [2.05, 4.69) is 36.5 Å². The molecule has 0 aliphatic rings. The second kappa shape index (κ2) is 13.9. The summed E-state index contributed by atoms with van der Waals surface area (Å²) in [6.45, 7) is 5.29. The van der Waals surface area contributed by atoms with Crippen LogP contribution in [0.25, 0.3) is 0 Å². The lowest BCUT2D eigenvalue weighted by Crippen LogP contribution is -2.50. The molecule has 5 heteroatoms. The van der Waals surface area contributed by atoms with Crippen molar-refractivity contribution in [1.82, 2.24) is 10.2 Å². The summed E-state index contributed by atoms with van der Waals surface area (Å²) in [4.78, 5) is 27.7. The van der Waals surface area contributed by atoms with Gasteiger partial charge in [-0.1, -0.05) is 80.9 Å². The number of benzene rings is 2. The number of thioether (sulfide) groups is 1. The molecule has 1 N–H and O–H groups in total. The number of nitrogens with one attached hydrogen (secondary N) is 1. The zero-order valence-electron chi connectivity index (χ0n) is 18.2. The molecule has 30 heavy (non-hydrogen) atoms. The largest absolute Gasteiger partial charge is 0.354 e. The van der Waals surface area contributed by atoms with Crippen molar-refractivity contribution >= 4 is 23.6 Å². The number of hydrogen-bond acceptors (Lipinski definition) is 3. The van der Waals surface area contributed by atoms with Gasteiger partial charge in [-0.3, -0.25) is 9.59 Å². The van der Waals surface area contributed by atoms with Gasteiger partial charge < -0.3 is 10.2 Å². The molecule has 162 valence electrons. The average Bonchev–Trinajstić information content (AvgIpc) is 2.78. The molecule has 0 saturated carbocycles. The summed E-state index contributed by atoms with van der Waals surface area (Å²) in [7, 11) is 0. The Labute approximate surface area is 185 Å². The fraction of sp³-hybridized carbons (Fsp3) is 0.440. The van der Waals surface area contributed by atoms with Crippen LogP contribution in [0, 0.1) is 0 Å². The maximum atomic E-state index is 13.1. The highest BCUT2D eigenvalue weighted by Crippen LogP contribution is 2.15. The van der Waals surface area contributed by atoms with E-state index in [1.807, 2.05) is 43.3 Å². The molecule has 2 rings (SSSR count). The second-order valence-electron chi connectivity index (χ2n) is 7.37. The Balaban J connectivity index is 2.01. The van der Waals surface area contributed by atoms with Gasteiger partial charge in [-0.2, -0.15) is 0 Å². The monoisotopic (exact) mass is 426 g/mol. The minimum atomic E-state index is -0.421. The van der Waals surface area contributed by atoms with Crippen LogP contribution in [0.15, 0.2) is 60.7 Å². The summed E-state index contributed by atoms with van der Waals surface area (Å²) in [6.07, 6.45) is 3.34. The second-order valence-corrected chi connectivity index (χ2v) is 8.36. The lowest BCUT2D eigenvalue weighted by atomic mass is 10.1. The van der Waals surface area contributed by atoms with E-state index in [1.54, 1.807) is 16.7 Å². The predicted octanol–water partition coefficient (Wildman–Crippen LogP) is 4.69. The van der Waals surface area contributed by atoms with E-state index in [0.29, 0.717) is 25.3 Å². The van der Waals surface area contributed by atoms with Gasteiger partial charge in [-0.05, 0) is 30.4 Å². The third kappa shape index (κ3) is 8.23. The summed E-state index contributed by atoms with van der Waals surface area (Å²) in [5.41, 5.74) is 2.38. The first-order valence-corrected chi connectivity index (χ1v) is 12.0. The molecule has 1 unspecified atom stereocenters. The molecule has 0 aliphatic carbocycles. The fourth-order valence-electron chi connectivity index (χ4n) is 3.32. The SMILES string of the molecule is CCCCNC(=O)C(CC)N(CCc1ccccc1)C(=O)CSCc1ccccc1. The van der Waals surface area contributed by atoms with E-state index >= 15 is 0 Å². The number of unbranched alkanes of at least 4 members (excludes halogenated alkanes) is 1. The molecule has 1 atom stereocenters. The van der Waals surface area contributed by atoms with Crippen molar-refractivity contribution < 1.29 is 9.59 Å². The molecule has 2 aromatic carbocycles. The third-order valence-corrected chi connectivity index (χ3v) is 6.03. The van der Waals surface area contributed by atoms with Crippen LogP contribution in [0.5, 0.6) is 0 Å². The first-order chi connectivity index (χ1) is 14.7. The summed E-state index contributed by atoms with van der Waals surface area (Å²) >= 11 is 1.60. The van der Waals surface area contributed by atoms with Crippen molar-refractivity contribution in [2.45, 2.75) is 51.3 Å². The van der Waals surface area contributed by atoms with Crippen LogP contribution >= 0.6 is 11.8 Å².